The maximum Gasteiger partial charge on any atom is 0.223 e. The summed E-state index contributed by atoms with van der Waals surface area (Å²) in [7, 11) is 0. The molecule has 3 nitrogen and oxygen atoms in total. The monoisotopic (exact) mass is 304 g/mol. The first-order chi connectivity index (χ1) is 10.3. The molecule has 2 aliphatic heterocycles. The van der Waals surface area contributed by atoms with E-state index in [0.29, 0.717) is 18.2 Å². The number of fused-ring (bicyclic) bond motifs is 1. The lowest BCUT2D eigenvalue weighted by Gasteiger charge is -2.26. The van der Waals surface area contributed by atoms with Crippen molar-refractivity contribution >= 4 is 17.7 Å². The predicted octanol–water partition coefficient (Wildman–Crippen LogP) is 2.87. The van der Waals surface area contributed by atoms with Crippen molar-refractivity contribution in [3.8, 4) is 0 Å². The summed E-state index contributed by atoms with van der Waals surface area (Å²) in [4.78, 5) is 15.5. The molecule has 114 valence electrons. The number of benzene rings is 1. The van der Waals surface area contributed by atoms with Gasteiger partial charge in [0.1, 0.15) is 0 Å². The summed E-state index contributed by atoms with van der Waals surface area (Å²) in [6.45, 7) is 3.72. The molecular formula is C17H24N2OS. The van der Waals surface area contributed by atoms with Gasteiger partial charge in [-0.15, -0.1) is 11.8 Å². The van der Waals surface area contributed by atoms with E-state index in [0.717, 1.165) is 31.9 Å². The molecule has 4 heteroatoms. The summed E-state index contributed by atoms with van der Waals surface area (Å²) in [5, 5.41) is 3.48. The second kappa shape index (κ2) is 7.32. The molecule has 0 saturated carbocycles. The van der Waals surface area contributed by atoms with Gasteiger partial charge in [-0.1, -0.05) is 18.2 Å². The van der Waals surface area contributed by atoms with E-state index in [2.05, 4.69) is 29.6 Å². The Bertz CT molecular complexity index is 485. The highest BCUT2D eigenvalue weighted by Crippen LogP contribution is 2.38. The van der Waals surface area contributed by atoms with E-state index < -0.39 is 0 Å². The van der Waals surface area contributed by atoms with Crippen LogP contribution in [0.15, 0.2) is 29.2 Å². The average molecular weight is 304 g/mol. The normalized spacial score (nSPS) is 21.3. The van der Waals surface area contributed by atoms with E-state index in [1.54, 1.807) is 0 Å². The van der Waals surface area contributed by atoms with Gasteiger partial charge in [0.15, 0.2) is 0 Å². The van der Waals surface area contributed by atoms with E-state index >= 15 is 0 Å². The zero-order valence-corrected chi connectivity index (χ0v) is 13.3. The third-order valence-corrected chi connectivity index (χ3v) is 5.67. The van der Waals surface area contributed by atoms with Crippen molar-refractivity contribution in [1.29, 1.82) is 0 Å². The second-order valence-electron chi connectivity index (χ2n) is 5.94. The Morgan fingerprint density at radius 3 is 2.90 bits per heavy atom. The number of hydrogen-bond donors (Lipinski definition) is 1. The summed E-state index contributed by atoms with van der Waals surface area (Å²) in [6.07, 6.45) is 4.27. The molecule has 1 N–H and O–H groups in total. The average Bonchev–Trinajstić information content (AvgIpc) is 2.95. The number of thioether (sulfide) groups is 1. The zero-order chi connectivity index (χ0) is 14.5. The van der Waals surface area contributed by atoms with Crippen molar-refractivity contribution in [2.75, 3.05) is 31.9 Å². The van der Waals surface area contributed by atoms with Crippen molar-refractivity contribution < 1.29 is 4.79 Å². The Balaban J connectivity index is 1.38. The molecule has 21 heavy (non-hydrogen) atoms. The predicted molar refractivity (Wildman–Crippen MR) is 87.8 cm³/mol. The molecule has 0 aliphatic carbocycles. The van der Waals surface area contributed by atoms with E-state index in [-0.39, 0.29) is 0 Å². The number of nitrogens with one attached hydrogen (secondary N) is 1. The van der Waals surface area contributed by atoms with Crippen LogP contribution in [0.3, 0.4) is 0 Å². The number of rotatable bonds is 5. The van der Waals surface area contributed by atoms with Crippen LogP contribution in [-0.2, 0) is 4.79 Å². The summed E-state index contributed by atoms with van der Waals surface area (Å²) in [5.41, 5.74) is 1.47. The number of carbonyl (C=O) groups excluding carboxylic acids is 1. The molecule has 1 aromatic rings. The van der Waals surface area contributed by atoms with Crippen molar-refractivity contribution in [3.05, 3.63) is 29.8 Å². The third kappa shape index (κ3) is 3.80. The van der Waals surface area contributed by atoms with Gasteiger partial charge in [-0.3, -0.25) is 4.79 Å². The molecule has 1 amide bonds. The zero-order valence-electron chi connectivity index (χ0n) is 12.5. The maximum absolute atomic E-state index is 12.1. The molecule has 1 saturated heterocycles. The van der Waals surface area contributed by atoms with Crippen molar-refractivity contribution in [3.63, 3.8) is 0 Å². The van der Waals surface area contributed by atoms with Crippen molar-refractivity contribution in [2.45, 2.75) is 36.5 Å². The number of carbonyl (C=O) groups is 1. The molecule has 2 heterocycles. The molecule has 0 spiro atoms. The Hall–Kier alpha value is -1.00. The molecule has 0 aromatic heterocycles. The molecule has 1 atom stereocenters. The van der Waals surface area contributed by atoms with Crippen molar-refractivity contribution in [2.24, 2.45) is 0 Å². The Morgan fingerprint density at radius 1 is 1.24 bits per heavy atom. The lowest BCUT2D eigenvalue weighted by molar-refractivity contribution is -0.131. The van der Waals surface area contributed by atoms with Crippen LogP contribution < -0.4 is 5.32 Å². The van der Waals surface area contributed by atoms with Crippen LogP contribution in [-0.4, -0.2) is 42.7 Å². The summed E-state index contributed by atoms with van der Waals surface area (Å²) >= 11 is 1.95. The van der Waals surface area contributed by atoms with Gasteiger partial charge >= 0.3 is 0 Å². The Morgan fingerprint density at radius 2 is 2.05 bits per heavy atom. The minimum absolute atomic E-state index is 0.323. The van der Waals surface area contributed by atoms with Crippen LogP contribution in [0, 0.1) is 0 Å². The van der Waals surface area contributed by atoms with E-state index in [4.69, 9.17) is 0 Å². The molecule has 2 aliphatic rings. The highest BCUT2D eigenvalue weighted by atomic mass is 32.2. The molecule has 0 bridgehead atoms. The summed E-state index contributed by atoms with van der Waals surface area (Å²) < 4.78 is 0. The van der Waals surface area contributed by atoms with Gasteiger partial charge in [-0.2, -0.15) is 0 Å². The number of piperidine rings is 1. The molecule has 1 fully saturated rings. The first kappa shape index (κ1) is 14.9. The third-order valence-electron chi connectivity index (χ3n) is 4.41. The van der Waals surface area contributed by atoms with Crippen LogP contribution in [0.25, 0.3) is 0 Å². The number of nitrogens with zero attached hydrogens (tertiary/aromatic N) is 1. The molecule has 0 radical (unpaired) electrons. The first-order valence-electron chi connectivity index (χ1n) is 8.05. The number of likely N-dealkylation sites (tertiary alicyclic amines) is 1. The number of amides is 1. The highest BCUT2D eigenvalue weighted by Gasteiger charge is 2.22. The first-order valence-corrected chi connectivity index (χ1v) is 9.03. The van der Waals surface area contributed by atoms with E-state index in [1.165, 1.54) is 29.7 Å². The Kier molecular flexibility index (Phi) is 5.20. The molecule has 1 aromatic carbocycles. The summed E-state index contributed by atoms with van der Waals surface area (Å²) in [5.74, 6) is 2.08. The topological polar surface area (TPSA) is 32.3 Å². The quantitative estimate of drug-likeness (QED) is 0.849. The smallest absolute Gasteiger partial charge is 0.223 e. The van der Waals surface area contributed by atoms with Gasteiger partial charge in [0.25, 0.3) is 0 Å². The fraction of sp³-hybridized carbons (Fsp3) is 0.588. The lowest BCUT2D eigenvalue weighted by Crippen LogP contribution is -2.37. The molecule has 1 unspecified atom stereocenters. The molecule has 3 rings (SSSR count). The van der Waals surface area contributed by atoms with E-state index in [1.807, 2.05) is 16.7 Å². The van der Waals surface area contributed by atoms with Crippen LogP contribution in [0.5, 0.6) is 0 Å². The van der Waals surface area contributed by atoms with Gasteiger partial charge in [0.05, 0.1) is 0 Å². The van der Waals surface area contributed by atoms with E-state index in [9.17, 15) is 4.79 Å². The van der Waals surface area contributed by atoms with Crippen LogP contribution >= 0.6 is 11.8 Å². The lowest BCUT2D eigenvalue weighted by atomic mass is 10.0. The standard InChI is InChI=1S/C17H24N2OS/c20-17(19-10-4-1-5-11-19)8-9-18-12-14-13-21-16-7-3-2-6-15(14)16/h2-3,6-7,14,18H,1,4-5,8-13H2. The Labute approximate surface area is 131 Å². The largest absolute Gasteiger partial charge is 0.343 e. The SMILES string of the molecule is O=C(CCNCC1CSc2ccccc21)N1CCCCC1. The minimum atomic E-state index is 0.323. The maximum atomic E-state index is 12.1. The van der Waals surface area contributed by atoms with Crippen LogP contribution in [0.1, 0.15) is 37.2 Å². The molecular weight excluding hydrogens is 280 g/mol. The highest BCUT2D eigenvalue weighted by molar-refractivity contribution is 7.99. The van der Waals surface area contributed by atoms with Gasteiger partial charge in [-0.05, 0) is 30.9 Å². The second-order valence-corrected chi connectivity index (χ2v) is 7.00. The van der Waals surface area contributed by atoms with Crippen molar-refractivity contribution in [1.82, 2.24) is 10.2 Å². The van der Waals surface area contributed by atoms with Gasteiger partial charge in [0.2, 0.25) is 5.91 Å². The van der Waals surface area contributed by atoms with Crippen LogP contribution in [0.4, 0.5) is 0 Å². The fourth-order valence-electron chi connectivity index (χ4n) is 3.17. The van der Waals surface area contributed by atoms with Crippen LogP contribution in [0.2, 0.25) is 0 Å². The number of hydrogen-bond acceptors (Lipinski definition) is 3. The fourth-order valence-corrected chi connectivity index (χ4v) is 4.43. The minimum Gasteiger partial charge on any atom is -0.343 e. The van der Waals surface area contributed by atoms with Gasteiger partial charge in [0, 0.05) is 49.2 Å². The van der Waals surface area contributed by atoms with Gasteiger partial charge < -0.3 is 10.2 Å². The van der Waals surface area contributed by atoms with Gasteiger partial charge in [-0.25, -0.2) is 0 Å². The summed E-state index contributed by atoms with van der Waals surface area (Å²) in [6, 6.07) is 8.68.